The maximum atomic E-state index is 12.6. The van der Waals surface area contributed by atoms with Crippen LogP contribution in [0.15, 0.2) is 60.8 Å². The molecular weight excluding hydrogens is 721 g/mol. The maximum Gasteiger partial charge on any atom is 0.472 e. The zero-order chi connectivity index (χ0) is 40.7. The molecule has 0 aromatic rings. The zero-order valence-electron chi connectivity index (χ0n) is 34.0. The first-order valence-electron chi connectivity index (χ1n) is 20.8. The number of rotatable bonds is 38. The third-order valence-corrected chi connectivity index (χ3v) is 9.42. The van der Waals surface area contributed by atoms with Crippen molar-refractivity contribution in [3.8, 4) is 0 Å². The summed E-state index contributed by atoms with van der Waals surface area (Å²) in [5.74, 6) is -2.44. The minimum Gasteiger partial charge on any atom is -0.480 e. The molecule has 0 fully saturated rings. The summed E-state index contributed by atoms with van der Waals surface area (Å²) in [5, 5.41) is 8.88. The molecule has 0 aliphatic heterocycles. The van der Waals surface area contributed by atoms with Crippen LogP contribution in [0.25, 0.3) is 0 Å². The highest BCUT2D eigenvalue weighted by Gasteiger charge is 2.28. The fourth-order valence-corrected chi connectivity index (χ4v) is 5.94. The Morgan fingerprint density at radius 3 is 1.55 bits per heavy atom. The molecule has 12 heteroatoms. The average molecular weight is 796 g/mol. The Labute approximate surface area is 332 Å². The molecule has 0 aliphatic rings. The first-order chi connectivity index (χ1) is 26.6. The van der Waals surface area contributed by atoms with Crippen molar-refractivity contribution in [1.82, 2.24) is 0 Å². The second-order valence-electron chi connectivity index (χ2n) is 13.8. The lowest BCUT2D eigenvalue weighted by atomic mass is 10.1. The number of hydrogen-bond donors (Lipinski definition) is 3. The van der Waals surface area contributed by atoms with Gasteiger partial charge in [-0.05, 0) is 77.0 Å². The van der Waals surface area contributed by atoms with E-state index in [1.807, 2.05) is 0 Å². The quantitative estimate of drug-likeness (QED) is 0.0235. The van der Waals surface area contributed by atoms with Crippen LogP contribution >= 0.6 is 7.82 Å². The number of carboxylic acids is 1. The SMILES string of the molecule is CCC/C=C/C/C=C/C/C=C/C/C=C/CCCCCC(=O)O[C@H](COC(=O)CCCCCCC/C=C/CCCCCCC)COP(=O)(O)OC[C@H](N)C(=O)O. The predicted molar refractivity (Wildman–Crippen MR) is 221 cm³/mol. The molecule has 3 atom stereocenters. The molecule has 0 aliphatic carbocycles. The van der Waals surface area contributed by atoms with Crippen LogP contribution in [-0.2, 0) is 37.5 Å². The fourth-order valence-electron chi connectivity index (χ4n) is 5.17. The summed E-state index contributed by atoms with van der Waals surface area (Å²) in [5.41, 5.74) is 5.32. The number of allylic oxidation sites excluding steroid dienone is 10. The number of phosphoric acid groups is 1. The first-order valence-corrected chi connectivity index (χ1v) is 22.3. The monoisotopic (exact) mass is 796 g/mol. The molecule has 1 unspecified atom stereocenters. The van der Waals surface area contributed by atoms with Crippen LogP contribution in [0.2, 0.25) is 0 Å². The molecule has 0 amide bonds. The average Bonchev–Trinajstić information content (AvgIpc) is 3.16. The van der Waals surface area contributed by atoms with Crippen molar-refractivity contribution in [2.24, 2.45) is 5.73 Å². The molecule has 316 valence electrons. The van der Waals surface area contributed by atoms with Crippen LogP contribution in [-0.4, -0.2) is 59.9 Å². The number of carboxylic acid groups (broad SMARTS) is 1. The van der Waals surface area contributed by atoms with Crippen LogP contribution in [0.1, 0.15) is 162 Å². The van der Waals surface area contributed by atoms with Gasteiger partial charge in [-0.2, -0.15) is 0 Å². The Kier molecular flexibility index (Phi) is 36.1. The van der Waals surface area contributed by atoms with Crippen LogP contribution in [0.3, 0.4) is 0 Å². The van der Waals surface area contributed by atoms with Crippen molar-refractivity contribution >= 4 is 25.7 Å². The first kappa shape index (κ1) is 52.2. The molecule has 11 nitrogen and oxygen atoms in total. The molecule has 0 bridgehead atoms. The number of nitrogens with two attached hydrogens (primary N) is 1. The van der Waals surface area contributed by atoms with Crippen molar-refractivity contribution in [1.29, 1.82) is 0 Å². The second kappa shape index (κ2) is 38.1. The van der Waals surface area contributed by atoms with E-state index in [1.54, 1.807) is 0 Å². The van der Waals surface area contributed by atoms with Gasteiger partial charge in [-0.1, -0.05) is 132 Å². The molecule has 0 aromatic heterocycles. The molecule has 0 aromatic carbocycles. The van der Waals surface area contributed by atoms with Crippen molar-refractivity contribution in [3.63, 3.8) is 0 Å². The summed E-state index contributed by atoms with van der Waals surface area (Å²) in [7, 11) is -4.73. The van der Waals surface area contributed by atoms with Crippen LogP contribution < -0.4 is 5.73 Å². The summed E-state index contributed by atoms with van der Waals surface area (Å²) in [6.45, 7) is 2.67. The Hall–Kier alpha value is -2.82. The van der Waals surface area contributed by atoms with Crippen LogP contribution in [0.5, 0.6) is 0 Å². The van der Waals surface area contributed by atoms with E-state index in [2.05, 4.69) is 79.1 Å². The van der Waals surface area contributed by atoms with Crippen molar-refractivity contribution in [3.05, 3.63) is 60.8 Å². The summed E-state index contributed by atoms with van der Waals surface area (Å²) in [4.78, 5) is 45.9. The number of esters is 2. The van der Waals surface area contributed by atoms with Crippen LogP contribution in [0.4, 0.5) is 0 Å². The van der Waals surface area contributed by atoms with Gasteiger partial charge in [0.15, 0.2) is 6.10 Å². The molecule has 0 radical (unpaired) electrons. The third-order valence-electron chi connectivity index (χ3n) is 8.47. The Morgan fingerprint density at radius 1 is 0.564 bits per heavy atom. The molecule has 4 N–H and O–H groups in total. The van der Waals surface area contributed by atoms with Gasteiger partial charge in [-0.15, -0.1) is 0 Å². The number of ether oxygens (including phenoxy) is 2. The molecule has 0 rings (SSSR count). The second-order valence-corrected chi connectivity index (χ2v) is 15.2. The Morgan fingerprint density at radius 2 is 1.00 bits per heavy atom. The molecular formula is C43H74NO10P. The predicted octanol–water partition coefficient (Wildman–Crippen LogP) is 10.8. The van der Waals surface area contributed by atoms with E-state index in [4.69, 9.17) is 24.8 Å². The van der Waals surface area contributed by atoms with Gasteiger partial charge in [0.1, 0.15) is 12.6 Å². The minimum absolute atomic E-state index is 0.119. The Bertz CT molecular complexity index is 1170. The smallest absolute Gasteiger partial charge is 0.472 e. The molecule has 0 saturated carbocycles. The van der Waals surface area contributed by atoms with E-state index < -0.39 is 51.1 Å². The van der Waals surface area contributed by atoms with Gasteiger partial charge < -0.3 is 25.2 Å². The minimum atomic E-state index is -4.73. The third kappa shape index (κ3) is 37.9. The van der Waals surface area contributed by atoms with Crippen molar-refractivity contribution in [2.75, 3.05) is 19.8 Å². The molecule has 0 saturated heterocycles. The van der Waals surface area contributed by atoms with E-state index in [1.165, 1.54) is 38.5 Å². The number of unbranched alkanes of at least 4 members (excludes halogenated alkanes) is 14. The van der Waals surface area contributed by atoms with Gasteiger partial charge in [0, 0.05) is 12.8 Å². The number of hydrogen-bond acceptors (Lipinski definition) is 9. The largest absolute Gasteiger partial charge is 0.480 e. The normalized spacial score (nSPS) is 14.4. The van der Waals surface area contributed by atoms with E-state index >= 15 is 0 Å². The highest BCUT2D eigenvalue weighted by Crippen LogP contribution is 2.43. The van der Waals surface area contributed by atoms with Crippen molar-refractivity contribution < 1.29 is 47.5 Å². The lowest BCUT2D eigenvalue weighted by Crippen LogP contribution is -2.34. The maximum absolute atomic E-state index is 12.6. The lowest BCUT2D eigenvalue weighted by molar-refractivity contribution is -0.161. The number of phosphoric ester groups is 1. The molecule has 55 heavy (non-hydrogen) atoms. The lowest BCUT2D eigenvalue weighted by Gasteiger charge is -2.20. The van der Waals surface area contributed by atoms with Gasteiger partial charge in [-0.3, -0.25) is 23.4 Å². The Balaban J connectivity index is 4.48. The van der Waals surface area contributed by atoms with Gasteiger partial charge >= 0.3 is 25.7 Å². The summed E-state index contributed by atoms with van der Waals surface area (Å²) in [6, 6.07) is -1.53. The number of carbonyl (C=O) groups is 3. The summed E-state index contributed by atoms with van der Waals surface area (Å²) < 4.78 is 32.6. The van der Waals surface area contributed by atoms with E-state index in [-0.39, 0.29) is 19.4 Å². The highest BCUT2D eigenvalue weighted by molar-refractivity contribution is 7.47. The number of aliphatic carboxylic acids is 1. The number of carbonyl (C=O) groups excluding carboxylic acids is 2. The summed E-state index contributed by atoms with van der Waals surface area (Å²) >= 11 is 0. The standard InChI is InChI=1S/C43H74NO10P/c1-3-5-7-9-11-13-15-17-19-20-21-23-25-27-29-31-33-35-42(46)54-39(37-52-55(49,50)53-38-40(44)43(47)48)36-51-41(45)34-32-30-28-26-24-22-18-16-14-12-10-8-6-4-2/h7,9,13,15-16,18-20,23,25,39-40H,3-6,8,10-12,14,17,21-22,24,26-38,44H2,1-2H3,(H,47,48)(H,49,50)/b9-7+,15-13+,18-16+,20-19+,25-23+/t39-,40+/m1/s1. The van der Waals surface area contributed by atoms with Crippen LogP contribution in [0, 0.1) is 0 Å². The van der Waals surface area contributed by atoms with E-state index in [0.717, 1.165) is 83.5 Å². The van der Waals surface area contributed by atoms with Crippen molar-refractivity contribution in [2.45, 2.75) is 174 Å². The van der Waals surface area contributed by atoms with Gasteiger partial charge in [0.05, 0.1) is 13.2 Å². The highest BCUT2D eigenvalue weighted by atomic mass is 31.2. The zero-order valence-corrected chi connectivity index (χ0v) is 34.9. The van der Waals surface area contributed by atoms with Gasteiger partial charge in [0.25, 0.3) is 0 Å². The van der Waals surface area contributed by atoms with E-state index in [9.17, 15) is 23.8 Å². The summed E-state index contributed by atoms with van der Waals surface area (Å²) in [6.07, 6.45) is 42.8. The molecule has 0 heterocycles. The topological polar surface area (TPSA) is 172 Å². The van der Waals surface area contributed by atoms with Gasteiger partial charge in [-0.25, -0.2) is 4.57 Å². The van der Waals surface area contributed by atoms with Gasteiger partial charge in [0.2, 0.25) is 0 Å². The fraction of sp³-hybridized carbons (Fsp3) is 0.698. The van der Waals surface area contributed by atoms with E-state index in [0.29, 0.717) is 12.8 Å². The molecule has 0 spiro atoms.